The van der Waals surface area contributed by atoms with Crippen molar-refractivity contribution in [3.63, 3.8) is 0 Å². The first kappa shape index (κ1) is 27.0. The fourth-order valence-corrected chi connectivity index (χ4v) is 5.22. The van der Waals surface area contributed by atoms with Gasteiger partial charge in [-0.1, -0.05) is 101 Å². The van der Waals surface area contributed by atoms with Gasteiger partial charge < -0.3 is 9.05 Å². The van der Waals surface area contributed by atoms with Crippen LogP contribution in [0, 0.1) is 10.8 Å². The predicted molar refractivity (Wildman–Crippen MR) is 145 cm³/mol. The Balaban J connectivity index is 2.46. The highest BCUT2D eigenvalue weighted by atomic mass is 31.2. The van der Waals surface area contributed by atoms with E-state index in [0.717, 1.165) is 34.3 Å². The van der Waals surface area contributed by atoms with Crippen molar-refractivity contribution in [2.45, 2.75) is 107 Å². The lowest BCUT2D eigenvalue weighted by Gasteiger charge is -2.37. The van der Waals surface area contributed by atoms with Crippen molar-refractivity contribution in [3.8, 4) is 5.75 Å². The summed E-state index contributed by atoms with van der Waals surface area (Å²) in [5.41, 5.74) is 7.37. The minimum Gasteiger partial charge on any atom is -0.414 e. The SMILES string of the molecule is C/C1=C2\CC(C(C)(C)C)=CC(C(C)(C)C)=C2OP(F)Oc2c1cc(C(C)(C)C)cc2C(C)(C)C. The molecule has 34 heavy (non-hydrogen) atoms. The second-order valence-corrected chi connectivity index (χ2v) is 14.8. The van der Waals surface area contributed by atoms with E-state index in [1.807, 2.05) is 0 Å². The van der Waals surface area contributed by atoms with E-state index in [0.29, 0.717) is 11.5 Å². The molecule has 1 aliphatic heterocycles. The smallest absolute Gasteiger partial charge is 0.414 e. The summed E-state index contributed by atoms with van der Waals surface area (Å²) in [7, 11) is -2.62. The molecule has 1 aliphatic carbocycles. The van der Waals surface area contributed by atoms with E-state index in [1.54, 1.807) is 0 Å². The lowest BCUT2D eigenvalue weighted by atomic mass is 9.72. The molecule has 0 radical (unpaired) electrons. The van der Waals surface area contributed by atoms with E-state index in [2.05, 4.69) is 108 Å². The highest BCUT2D eigenvalue weighted by Gasteiger charge is 2.38. The van der Waals surface area contributed by atoms with Crippen LogP contribution in [0.2, 0.25) is 0 Å². The molecule has 0 spiro atoms. The van der Waals surface area contributed by atoms with Crippen molar-refractivity contribution < 1.29 is 13.2 Å². The van der Waals surface area contributed by atoms with Crippen molar-refractivity contribution in [1.29, 1.82) is 0 Å². The van der Waals surface area contributed by atoms with Crippen LogP contribution in [0.15, 0.2) is 40.7 Å². The monoisotopic (exact) mass is 486 g/mol. The standard InChI is InChI=1S/C30H44FO2P/c1-18-21-14-19(27(2,3)4)16-23(29(8,9)10)25(21)32-34(31)33-26-22(18)15-20(28(5,6)7)17-24(26)30(11,12)13/h14,16-17H,15H2,1-13H3/b22-18-. The van der Waals surface area contributed by atoms with Crippen LogP contribution in [0.25, 0.3) is 5.57 Å². The maximum atomic E-state index is 15.5. The first-order valence-electron chi connectivity index (χ1n) is 12.4. The van der Waals surface area contributed by atoms with Crippen LogP contribution in [0.3, 0.4) is 0 Å². The van der Waals surface area contributed by atoms with Gasteiger partial charge in [0.1, 0.15) is 11.5 Å². The topological polar surface area (TPSA) is 18.5 Å². The summed E-state index contributed by atoms with van der Waals surface area (Å²) in [6, 6.07) is 4.41. The third-order valence-electron chi connectivity index (χ3n) is 6.92. The zero-order chi connectivity index (χ0) is 26.0. The highest BCUT2D eigenvalue weighted by Crippen LogP contribution is 2.56. The Morgan fingerprint density at radius 3 is 1.82 bits per heavy atom. The van der Waals surface area contributed by atoms with E-state index >= 15 is 4.20 Å². The van der Waals surface area contributed by atoms with Crippen molar-refractivity contribution in [3.05, 3.63) is 57.4 Å². The van der Waals surface area contributed by atoms with E-state index in [1.165, 1.54) is 11.1 Å². The molecule has 0 saturated heterocycles. The lowest BCUT2D eigenvalue weighted by Crippen LogP contribution is -2.23. The molecule has 4 heteroatoms. The van der Waals surface area contributed by atoms with Crippen molar-refractivity contribution in [2.75, 3.05) is 0 Å². The molecule has 0 bridgehead atoms. The summed E-state index contributed by atoms with van der Waals surface area (Å²) in [4.78, 5) is 0. The molecule has 1 heterocycles. The number of allylic oxidation sites excluding steroid dienone is 5. The van der Waals surface area contributed by atoms with Crippen molar-refractivity contribution in [1.82, 2.24) is 0 Å². The molecule has 1 aromatic carbocycles. The van der Waals surface area contributed by atoms with E-state index in [-0.39, 0.29) is 21.7 Å². The van der Waals surface area contributed by atoms with Crippen molar-refractivity contribution in [2.24, 2.45) is 10.8 Å². The second-order valence-electron chi connectivity index (χ2n) is 14.0. The molecule has 0 fully saturated rings. The third kappa shape index (κ3) is 5.30. The normalized spacial score (nSPS) is 22.2. The lowest BCUT2D eigenvalue weighted by molar-refractivity contribution is 0.345. The molecule has 0 N–H and O–H groups in total. The number of hydrogen-bond acceptors (Lipinski definition) is 2. The maximum absolute atomic E-state index is 15.5. The fraction of sp³-hybridized carbons (Fsp3) is 0.600. The summed E-state index contributed by atoms with van der Waals surface area (Å²) in [5.74, 6) is 1.29. The number of hydrogen-bond donors (Lipinski definition) is 0. The maximum Gasteiger partial charge on any atom is 0.505 e. The Kier molecular flexibility index (Phi) is 6.76. The summed E-state index contributed by atoms with van der Waals surface area (Å²) in [6.45, 7) is 28.5. The molecule has 2 nitrogen and oxygen atoms in total. The van der Waals surface area contributed by atoms with Gasteiger partial charge in [-0.3, -0.25) is 0 Å². The number of halogens is 1. The fourth-order valence-electron chi connectivity index (χ4n) is 4.49. The second kappa shape index (κ2) is 8.51. The van der Waals surface area contributed by atoms with Gasteiger partial charge in [0, 0.05) is 22.3 Å². The zero-order valence-electron chi connectivity index (χ0n) is 23.6. The largest absolute Gasteiger partial charge is 0.505 e. The molecule has 1 unspecified atom stereocenters. The third-order valence-corrected chi connectivity index (χ3v) is 7.57. The number of benzene rings is 1. The molecule has 1 aromatic rings. The summed E-state index contributed by atoms with van der Waals surface area (Å²) in [5, 5.41) is 0. The Bertz CT molecular complexity index is 1080. The quantitative estimate of drug-likeness (QED) is 0.340. The molecule has 0 amide bonds. The molecule has 2 aliphatic rings. The van der Waals surface area contributed by atoms with Gasteiger partial charge in [0.15, 0.2) is 0 Å². The van der Waals surface area contributed by atoms with Gasteiger partial charge in [0.25, 0.3) is 0 Å². The first-order chi connectivity index (χ1) is 15.2. The minimum atomic E-state index is -2.62. The minimum absolute atomic E-state index is 0.00127. The van der Waals surface area contributed by atoms with E-state index < -0.39 is 8.69 Å². The van der Waals surface area contributed by atoms with E-state index in [4.69, 9.17) is 9.05 Å². The van der Waals surface area contributed by atoms with Crippen LogP contribution < -0.4 is 4.52 Å². The first-order valence-corrected chi connectivity index (χ1v) is 13.4. The van der Waals surface area contributed by atoms with Crippen LogP contribution in [0.5, 0.6) is 5.75 Å². The summed E-state index contributed by atoms with van der Waals surface area (Å²) in [6.07, 6.45) is 2.99. The Morgan fingerprint density at radius 1 is 0.765 bits per heavy atom. The van der Waals surface area contributed by atoms with Crippen LogP contribution in [0.4, 0.5) is 4.20 Å². The van der Waals surface area contributed by atoms with Gasteiger partial charge in [0.2, 0.25) is 0 Å². The molecular formula is C30H44FO2P. The Labute approximate surface area is 208 Å². The predicted octanol–water partition coefficient (Wildman–Crippen LogP) is 10.3. The zero-order valence-corrected chi connectivity index (χ0v) is 24.5. The van der Waals surface area contributed by atoms with Crippen LogP contribution >= 0.6 is 8.69 Å². The Hall–Kier alpha value is -1.60. The highest BCUT2D eigenvalue weighted by molar-refractivity contribution is 7.41. The van der Waals surface area contributed by atoms with Gasteiger partial charge in [-0.05, 0) is 52.2 Å². The van der Waals surface area contributed by atoms with Gasteiger partial charge >= 0.3 is 8.69 Å². The average molecular weight is 487 g/mol. The van der Waals surface area contributed by atoms with Crippen molar-refractivity contribution >= 4 is 14.3 Å². The van der Waals surface area contributed by atoms with Gasteiger partial charge in [-0.15, -0.1) is 4.20 Å². The van der Waals surface area contributed by atoms with Crippen LogP contribution in [-0.2, 0) is 15.4 Å². The molecule has 1 atom stereocenters. The molecule has 0 aromatic heterocycles. The van der Waals surface area contributed by atoms with Gasteiger partial charge in [-0.2, -0.15) is 0 Å². The number of fused-ring (bicyclic) bond motifs is 2. The van der Waals surface area contributed by atoms with Crippen LogP contribution in [-0.4, -0.2) is 0 Å². The molecular weight excluding hydrogens is 442 g/mol. The summed E-state index contributed by atoms with van der Waals surface area (Å²) >= 11 is 0. The Morgan fingerprint density at radius 2 is 1.35 bits per heavy atom. The molecule has 3 rings (SSSR count). The average Bonchev–Trinajstić information content (AvgIpc) is 2.63. The van der Waals surface area contributed by atoms with E-state index in [9.17, 15) is 0 Å². The van der Waals surface area contributed by atoms with Crippen LogP contribution in [0.1, 0.15) is 113 Å². The number of rotatable bonds is 0. The van der Waals surface area contributed by atoms with Gasteiger partial charge in [-0.25, -0.2) is 0 Å². The summed E-state index contributed by atoms with van der Waals surface area (Å²) < 4.78 is 27.6. The molecule has 188 valence electrons. The van der Waals surface area contributed by atoms with Gasteiger partial charge in [0.05, 0.1) is 0 Å². The molecule has 0 saturated carbocycles.